The Hall–Kier alpha value is -2.37. The van der Waals surface area contributed by atoms with Crippen molar-refractivity contribution in [2.45, 2.75) is 59.9 Å². The molecule has 6 nitrogen and oxygen atoms in total. The number of nitrogens with zero attached hydrogens (tertiary/aromatic N) is 4. The van der Waals surface area contributed by atoms with Gasteiger partial charge in [0.25, 0.3) is 0 Å². The molecule has 27 heavy (non-hydrogen) atoms. The molecular formula is C21H32N6. The molecule has 0 amide bonds. The highest BCUT2D eigenvalue weighted by Crippen LogP contribution is 2.42. The van der Waals surface area contributed by atoms with Gasteiger partial charge in [-0.05, 0) is 63.1 Å². The molecule has 146 valence electrons. The van der Waals surface area contributed by atoms with Crippen molar-refractivity contribution in [3.8, 4) is 5.82 Å². The zero-order chi connectivity index (χ0) is 19.3. The lowest BCUT2D eigenvalue weighted by atomic mass is 9.67. The monoisotopic (exact) mass is 368 g/mol. The van der Waals surface area contributed by atoms with E-state index in [1.165, 1.54) is 25.7 Å². The number of nitrogens with one attached hydrogen (secondary N) is 2. The second kappa shape index (κ2) is 8.55. The highest BCUT2D eigenvalue weighted by Gasteiger charge is 2.34. The second-order valence-corrected chi connectivity index (χ2v) is 7.62. The summed E-state index contributed by atoms with van der Waals surface area (Å²) < 4.78 is 1.87. The molecule has 0 bridgehead atoms. The van der Waals surface area contributed by atoms with Crippen molar-refractivity contribution >= 4 is 5.96 Å². The van der Waals surface area contributed by atoms with Crippen LogP contribution in [0.25, 0.3) is 5.82 Å². The van der Waals surface area contributed by atoms with Crippen LogP contribution < -0.4 is 10.6 Å². The van der Waals surface area contributed by atoms with Gasteiger partial charge in [0.1, 0.15) is 0 Å². The van der Waals surface area contributed by atoms with Crippen molar-refractivity contribution in [3.63, 3.8) is 0 Å². The summed E-state index contributed by atoms with van der Waals surface area (Å²) in [6.07, 6.45) is 7.13. The van der Waals surface area contributed by atoms with Crippen LogP contribution in [-0.4, -0.2) is 33.8 Å². The van der Waals surface area contributed by atoms with Crippen LogP contribution in [-0.2, 0) is 6.54 Å². The summed E-state index contributed by atoms with van der Waals surface area (Å²) in [5.74, 6) is 1.73. The maximum Gasteiger partial charge on any atom is 0.191 e. The zero-order valence-electron chi connectivity index (χ0n) is 17.0. The van der Waals surface area contributed by atoms with E-state index in [-0.39, 0.29) is 0 Å². The fourth-order valence-corrected chi connectivity index (χ4v) is 3.61. The summed E-state index contributed by atoms with van der Waals surface area (Å²) >= 11 is 0. The van der Waals surface area contributed by atoms with Crippen molar-refractivity contribution in [3.05, 3.63) is 41.3 Å². The van der Waals surface area contributed by atoms with Gasteiger partial charge in [0.2, 0.25) is 0 Å². The fourth-order valence-electron chi connectivity index (χ4n) is 3.61. The lowest BCUT2D eigenvalue weighted by molar-refractivity contribution is 0.131. The quantitative estimate of drug-likeness (QED) is 0.580. The molecule has 1 aliphatic rings. The number of pyridine rings is 1. The van der Waals surface area contributed by atoms with Gasteiger partial charge in [-0.25, -0.2) is 14.7 Å². The molecule has 0 spiro atoms. The number of aliphatic imine (C=N–C) groups is 1. The Kier molecular flexibility index (Phi) is 6.14. The van der Waals surface area contributed by atoms with E-state index < -0.39 is 0 Å². The van der Waals surface area contributed by atoms with Gasteiger partial charge in [-0.3, -0.25) is 0 Å². The highest BCUT2D eigenvalue weighted by molar-refractivity contribution is 5.79. The van der Waals surface area contributed by atoms with Crippen molar-refractivity contribution < 1.29 is 0 Å². The molecule has 1 fully saturated rings. The van der Waals surface area contributed by atoms with Gasteiger partial charge in [-0.2, -0.15) is 5.10 Å². The second-order valence-electron chi connectivity index (χ2n) is 7.62. The van der Waals surface area contributed by atoms with E-state index in [9.17, 15) is 0 Å². The molecule has 2 aromatic heterocycles. The molecule has 0 aliphatic heterocycles. The summed E-state index contributed by atoms with van der Waals surface area (Å²) in [6, 6.07) is 6.13. The first kappa shape index (κ1) is 19.4. The first-order valence-corrected chi connectivity index (χ1v) is 10.1. The SMILES string of the molecule is CCNC(=NCc1ccc(-n2nc(C)cc2C)nc1)NCC1(CC)CCC1. The number of rotatable bonds is 7. The zero-order valence-corrected chi connectivity index (χ0v) is 17.0. The van der Waals surface area contributed by atoms with E-state index in [1.54, 1.807) is 0 Å². The van der Waals surface area contributed by atoms with E-state index in [0.717, 1.165) is 41.8 Å². The standard InChI is InChI=1S/C21H32N6/c1-5-21(10-7-11-21)15-25-20(22-6-2)24-14-18-8-9-19(23-13-18)27-17(4)12-16(3)26-27/h8-9,12-13H,5-7,10-11,14-15H2,1-4H3,(H2,22,24,25). The minimum atomic E-state index is 0.471. The van der Waals surface area contributed by atoms with E-state index in [0.29, 0.717) is 12.0 Å². The minimum Gasteiger partial charge on any atom is -0.357 e. The van der Waals surface area contributed by atoms with E-state index >= 15 is 0 Å². The third-order valence-electron chi connectivity index (χ3n) is 5.59. The van der Waals surface area contributed by atoms with Gasteiger partial charge in [0.15, 0.2) is 11.8 Å². The molecule has 0 atom stereocenters. The Balaban J connectivity index is 1.62. The molecule has 0 unspecified atom stereocenters. The summed E-state index contributed by atoms with van der Waals surface area (Å²) in [4.78, 5) is 9.29. The van der Waals surface area contributed by atoms with E-state index in [1.807, 2.05) is 30.8 Å². The fraction of sp³-hybridized carbons (Fsp3) is 0.571. The Labute approximate surface area is 162 Å². The molecule has 0 saturated heterocycles. The number of hydrogen-bond acceptors (Lipinski definition) is 3. The van der Waals surface area contributed by atoms with Crippen LogP contribution in [0.3, 0.4) is 0 Å². The summed E-state index contributed by atoms with van der Waals surface area (Å²) in [5.41, 5.74) is 3.65. The molecule has 3 rings (SSSR count). The van der Waals surface area contributed by atoms with Crippen LogP contribution in [0.15, 0.2) is 29.4 Å². The molecule has 0 aromatic carbocycles. The largest absolute Gasteiger partial charge is 0.357 e. The molecule has 0 radical (unpaired) electrons. The predicted molar refractivity (Wildman–Crippen MR) is 110 cm³/mol. The maximum atomic E-state index is 4.74. The van der Waals surface area contributed by atoms with E-state index in [4.69, 9.17) is 4.99 Å². The number of hydrogen-bond donors (Lipinski definition) is 2. The Morgan fingerprint density at radius 3 is 2.56 bits per heavy atom. The smallest absolute Gasteiger partial charge is 0.191 e. The van der Waals surface area contributed by atoms with Crippen molar-refractivity contribution in [1.29, 1.82) is 0 Å². The van der Waals surface area contributed by atoms with Gasteiger partial charge >= 0.3 is 0 Å². The topological polar surface area (TPSA) is 67.1 Å². The van der Waals surface area contributed by atoms with Crippen LogP contribution >= 0.6 is 0 Å². The number of aromatic nitrogens is 3. The maximum absolute atomic E-state index is 4.74. The molecule has 2 aromatic rings. The van der Waals surface area contributed by atoms with E-state index in [2.05, 4.69) is 46.7 Å². The summed E-state index contributed by atoms with van der Waals surface area (Å²) in [7, 11) is 0. The lowest BCUT2D eigenvalue weighted by Crippen LogP contribution is -2.46. The summed E-state index contributed by atoms with van der Waals surface area (Å²) in [6.45, 7) is 10.9. The predicted octanol–water partition coefficient (Wildman–Crippen LogP) is 3.52. The normalized spacial score (nSPS) is 16.1. The van der Waals surface area contributed by atoms with Gasteiger partial charge < -0.3 is 10.6 Å². The van der Waals surface area contributed by atoms with Crippen molar-refractivity contribution in [1.82, 2.24) is 25.4 Å². The van der Waals surface area contributed by atoms with Crippen LogP contribution in [0.5, 0.6) is 0 Å². The van der Waals surface area contributed by atoms with Crippen molar-refractivity contribution in [2.24, 2.45) is 10.4 Å². The third-order valence-corrected chi connectivity index (χ3v) is 5.59. The first-order valence-electron chi connectivity index (χ1n) is 10.1. The molecule has 2 heterocycles. The van der Waals surface area contributed by atoms with Gasteiger partial charge in [-0.1, -0.05) is 19.4 Å². The Bertz CT molecular complexity index is 765. The Morgan fingerprint density at radius 1 is 1.22 bits per heavy atom. The minimum absolute atomic E-state index is 0.471. The van der Waals surface area contributed by atoms with Crippen LogP contribution in [0.2, 0.25) is 0 Å². The average molecular weight is 369 g/mol. The number of guanidine groups is 1. The third kappa shape index (κ3) is 4.67. The molecule has 6 heteroatoms. The van der Waals surface area contributed by atoms with Crippen LogP contribution in [0.1, 0.15) is 56.5 Å². The molecule has 2 N–H and O–H groups in total. The molecular weight excluding hydrogens is 336 g/mol. The van der Waals surface area contributed by atoms with Crippen LogP contribution in [0.4, 0.5) is 0 Å². The Morgan fingerprint density at radius 2 is 2.04 bits per heavy atom. The first-order chi connectivity index (χ1) is 13.0. The van der Waals surface area contributed by atoms with Crippen LogP contribution in [0, 0.1) is 19.3 Å². The lowest BCUT2D eigenvalue weighted by Gasteiger charge is -2.41. The average Bonchev–Trinajstić information content (AvgIpc) is 2.97. The highest BCUT2D eigenvalue weighted by atomic mass is 15.3. The summed E-state index contributed by atoms with van der Waals surface area (Å²) in [5, 5.41) is 11.4. The van der Waals surface area contributed by atoms with Crippen molar-refractivity contribution in [2.75, 3.05) is 13.1 Å². The number of aryl methyl sites for hydroxylation is 2. The van der Waals surface area contributed by atoms with Gasteiger partial charge in [0.05, 0.1) is 12.2 Å². The molecule has 1 saturated carbocycles. The van der Waals surface area contributed by atoms with Gasteiger partial charge in [0, 0.05) is 25.0 Å². The van der Waals surface area contributed by atoms with Gasteiger partial charge in [-0.15, -0.1) is 0 Å². The molecule has 1 aliphatic carbocycles.